The van der Waals surface area contributed by atoms with Gasteiger partial charge in [0, 0.05) is 6.08 Å². The van der Waals surface area contributed by atoms with Crippen LogP contribution in [0.4, 0.5) is 0 Å². The molecule has 6 heteroatoms. The second kappa shape index (κ2) is 12.0. The van der Waals surface area contributed by atoms with Crippen molar-refractivity contribution < 1.29 is 23.8 Å². The molecule has 0 saturated carbocycles. The van der Waals surface area contributed by atoms with Crippen LogP contribution in [0.15, 0.2) is 61.2 Å². The van der Waals surface area contributed by atoms with E-state index in [2.05, 4.69) is 6.58 Å². The van der Waals surface area contributed by atoms with Crippen LogP contribution in [0.1, 0.15) is 41.6 Å². The molecule has 0 unspecified atom stereocenters. The lowest BCUT2D eigenvalue weighted by atomic mass is 10.1. The zero-order valence-corrected chi connectivity index (χ0v) is 16.1. The van der Waals surface area contributed by atoms with E-state index in [0.29, 0.717) is 35.8 Å². The third-order valence-electron chi connectivity index (χ3n) is 4.00. The van der Waals surface area contributed by atoms with Crippen molar-refractivity contribution in [3.63, 3.8) is 0 Å². The van der Waals surface area contributed by atoms with Crippen LogP contribution >= 0.6 is 0 Å². The Bertz CT molecular complexity index is 850. The van der Waals surface area contributed by atoms with Gasteiger partial charge in [-0.25, -0.2) is 9.59 Å². The quantitative estimate of drug-likeness (QED) is 0.243. The molecule has 0 spiro atoms. The van der Waals surface area contributed by atoms with E-state index in [0.717, 1.165) is 31.8 Å². The smallest absolute Gasteiger partial charge is 0.343 e. The monoisotopic (exact) mass is 393 g/mol. The third kappa shape index (κ3) is 7.89. The number of esters is 2. The van der Waals surface area contributed by atoms with Gasteiger partial charge in [0.2, 0.25) is 0 Å². The molecule has 0 radical (unpaired) electrons. The minimum absolute atomic E-state index is 0.378. The van der Waals surface area contributed by atoms with Gasteiger partial charge in [-0.1, -0.05) is 6.58 Å². The molecule has 6 nitrogen and oxygen atoms in total. The van der Waals surface area contributed by atoms with Crippen molar-refractivity contribution in [3.8, 4) is 17.6 Å². The first-order valence-corrected chi connectivity index (χ1v) is 9.37. The first-order valence-electron chi connectivity index (χ1n) is 9.37. The number of carbonyl (C=O) groups is 2. The Balaban J connectivity index is 1.65. The van der Waals surface area contributed by atoms with E-state index in [1.165, 1.54) is 0 Å². The molecule has 150 valence electrons. The van der Waals surface area contributed by atoms with Crippen LogP contribution in [0.25, 0.3) is 0 Å². The third-order valence-corrected chi connectivity index (χ3v) is 4.00. The largest absolute Gasteiger partial charge is 0.494 e. The Morgan fingerprint density at radius 3 is 2.14 bits per heavy atom. The van der Waals surface area contributed by atoms with Gasteiger partial charge in [0.05, 0.1) is 30.4 Å². The Hall–Kier alpha value is -3.59. The normalized spacial score (nSPS) is 9.90. The first kappa shape index (κ1) is 21.7. The second-order valence-corrected chi connectivity index (χ2v) is 6.18. The maximum Gasteiger partial charge on any atom is 0.343 e. The van der Waals surface area contributed by atoms with E-state index in [4.69, 9.17) is 19.5 Å². The number of unbranched alkanes of at least 4 members (excludes halogenated alkanes) is 3. The lowest BCUT2D eigenvalue weighted by molar-refractivity contribution is -0.137. The molecule has 0 aliphatic rings. The minimum Gasteiger partial charge on any atom is -0.494 e. The minimum atomic E-state index is -0.484. The molecular weight excluding hydrogens is 370 g/mol. The number of hydrogen-bond donors (Lipinski definition) is 0. The van der Waals surface area contributed by atoms with Crippen LogP contribution in [0.5, 0.6) is 11.5 Å². The fourth-order valence-corrected chi connectivity index (χ4v) is 2.43. The maximum atomic E-state index is 12.1. The van der Waals surface area contributed by atoms with Crippen molar-refractivity contribution in [2.24, 2.45) is 0 Å². The fourth-order valence-electron chi connectivity index (χ4n) is 2.43. The summed E-state index contributed by atoms with van der Waals surface area (Å²) in [5.41, 5.74) is 0.864. The molecule has 0 bridgehead atoms. The first-order chi connectivity index (χ1) is 14.1. The van der Waals surface area contributed by atoms with E-state index >= 15 is 0 Å². The highest BCUT2D eigenvalue weighted by Crippen LogP contribution is 2.19. The number of nitriles is 1. The van der Waals surface area contributed by atoms with Gasteiger partial charge in [-0.2, -0.15) is 5.26 Å². The van der Waals surface area contributed by atoms with Crippen molar-refractivity contribution in [1.82, 2.24) is 0 Å². The highest BCUT2D eigenvalue weighted by atomic mass is 16.5. The van der Waals surface area contributed by atoms with E-state index in [-0.39, 0.29) is 5.97 Å². The predicted molar refractivity (Wildman–Crippen MR) is 108 cm³/mol. The van der Waals surface area contributed by atoms with Crippen LogP contribution < -0.4 is 9.47 Å². The summed E-state index contributed by atoms with van der Waals surface area (Å²) in [6.07, 6.45) is 4.81. The van der Waals surface area contributed by atoms with E-state index in [1.807, 2.05) is 6.07 Å². The zero-order valence-electron chi connectivity index (χ0n) is 16.1. The lowest BCUT2D eigenvalue weighted by Crippen LogP contribution is -2.08. The highest BCUT2D eigenvalue weighted by molar-refractivity contribution is 5.91. The molecule has 0 saturated heterocycles. The molecule has 0 amide bonds. The summed E-state index contributed by atoms with van der Waals surface area (Å²) in [5.74, 6) is 0.241. The van der Waals surface area contributed by atoms with Crippen LogP contribution in [-0.4, -0.2) is 25.2 Å². The van der Waals surface area contributed by atoms with Gasteiger partial charge in [-0.15, -0.1) is 0 Å². The van der Waals surface area contributed by atoms with Gasteiger partial charge in [0.15, 0.2) is 0 Å². The van der Waals surface area contributed by atoms with Crippen molar-refractivity contribution in [3.05, 3.63) is 72.3 Å². The summed E-state index contributed by atoms with van der Waals surface area (Å²) in [4.78, 5) is 23.0. The van der Waals surface area contributed by atoms with Gasteiger partial charge >= 0.3 is 11.9 Å². The average molecular weight is 393 g/mol. The van der Waals surface area contributed by atoms with Gasteiger partial charge < -0.3 is 14.2 Å². The predicted octanol–water partition coefficient (Wildman–Crippen LogP) is 4.45. The number of nitrogens with zero attached hydrogens (tertiary/aromatic N) is 1. The Labute approximate surface area is 170 Å². The molecule has 29 heavy (non-hydrogen) atoms. The van der Waals surface area contributed by atoms with E-state index in [1.54, 1.807) is 48.5 Å². The second-order valence-electron chi connectivity index (χ2n) is 6.18. The average Bonchev–Trinajstić information content (AvgIpc) is 2.76. The van der Waals surface area contributed by atoms with Crippen molar-refractivity contribution in [1.29, 1.82) is 5.26 Å². The van der Waals surface area contributed by atoms with Crippen LogP contribution in [-0.2, 0) is 9.53 Å². The number of rotatable bonds is 11. The Morgan fingerprint density at radius 1 is 0.897 bits per heavy atom. The summed E-state index contributed by atoms with van der Waals surface area (Å²) >= 11 is 0. The molecule has 0 aliphatic carbocycles. The van der Waals surface area contributed by atoms with Gasteiger partial charge in [-0.3, -0.25) is 0 Å². The molecule has 0 aromatic heterocycles. The molecule has 2 aromatic rings. The molecular formula is C23H23NO5. The SMILES string of the molecule is C=CC(=O)OCCCCCCOc1ccc(OC(=O)c2ccc(C#N)cc2)cc1. The number of ether oxygens (including phenoxy) is 3. The summed E-state index contributed by atoms with van der Waals surface area (Å²) in [5, 5.41) is 8.78. The van der Waals surface area contributed by atoms with Crippen LogP contribution in [0, 0.1) is 11.3 Å². The molecule has 2 aromatic carbocycles. The highest BCUT2D eigenvalue weighted by Gasteiger charge is 2.08. The van der Waals surface area contributed by atoms with E-state index in [9.17, 15) is 9.59 Å². The summed E-state index contributed by atoms with van der Waals surface area (Å²) in [6.45, 7) is 4.33. The summed E-state index contributed by atoms with van der Waals surface area (Å²) in [7, 11) is 0. The molecule has 0 atom stereocenters. The van der Waals surface area contributed by atoms with Crippen molar-refractivity contribution in [2.75, 3.05) is 13.2 Å². The van der Waals surface area contributed by atoms with Crippen molar-refractivity contribution in [2.45, 2.75) is 25.7 Å². The van der Waals surface area contributed by atoms with Crippen LogP contribution in [0.3, 0.4) is 0 Å². The molecule has 0 aliphatic heterocycles. The number of benzene rings is 2. The summed E-state index contributed by atoms with van der Waals surface area (Å²) < 4.78 is 15.9. The fraction of sp³-hybridized carbons (Fsp3) is 0.261. The summed E-state index contributed by atoms with van der Waals surface area (Å²) in [6, 6.07) is 15.1. The standard InChI is InChI=1S/C23H23NO5/c1-2-22(25)28-16-6-4-3-5-15-27-20-11-13-21(14-12-20)29-23(26)19-9-7-18(17-24)8-10-19/h2,7-14H,1,3-6,15-16H2. The molecule has 0 heterocycles. The van der Waals surface area contributed by atoms with Gasteiger partial charge in [0.1, 0.15) is 11.5 Å². The lowest BCUT2D eigenvalue weighted by Gasteiger charge is -2.08. The van der Waals surface area contributed by atoms with Crippen molar-refractivity contribution >= 4 is 11.9 Å². The Morgan fingerprint density at radius 2 is 1.52 bits per heavy atom. The van der Waals surface area contributed by atoms with Gasteiger partial charge in [-0.05, 0) is 74.2 Å². The molecule has 0 N–H and O–H groups in total. The maximum absolute atomic E-state index is 12.1. The van der Waals surface area contributed by atoms with E-state index < -0.39 is 5.97 Å². The van der Waals surface area contributed by atoms with Gasteiger partial charge in [0.25, 0.3) is 0 Å². The topological polar surface area (TPSA) is 85.6 Å². The Kier molecular flexibility index (Phi) is 8.97. The number of hydrogen-bond acceptors (Lipinski definition) is 6. The number of carbonyl (C=O) groups excluding carboxylic acids is 2. The molecule has 0 fully saturated rings. The van der Waals surface area contributed by atoms with Crippen LogP contribution in [0.2, 0.25) is 0 Å². The zero-order chi connectivity index (χ0) is 20.9. The molecule has 2 rings (SSSR count).